The van der Waals surface area contributed by atoms with Gasteiger partial charge in [0.25, 0.3) is 0 Å². The molecule has 4 nitrogen and oxygen atoms in total. The molecule has 0 radical (unpaired) electrons. The Morgan fingerprint density at radius 1 is 1.19 bits per heavy atom. The molecule has 1 heterocycles. The Balaban J connectivity index is 1.73. The molecule has 0 amide bonds. The fourth-order valence-electron chi connectivity index (χ4n) is 1.91. The average Bonchev–Trinajstić information content (AvgIpc) is 3.03. The zero-order chi connectivity index (χ0) is 14.7. The lowest BCUT2D eigenvalue weighted by molar-refractivity contribution is 0.568. The molecule has 1 N–H and O–H groups in total. The van der Waals surface area contributed by atoms with Crippen LogP contribution in [0, 0.1) is 5.82 Å². The van der Waals surface area contributed by atoms with Crippen LogP contribution in [0.15, 0.2) is 53.3 Å². The number of nitrogens with one attached hydrogen (secondary N) is 1. The highest BCUT2D eigenvalue weighted by Crippen LogP contribution is 2.21. The number of hydrogen-bond acceptors (Lipinski definition) is 4. The van der Waals surface area contributed by atoms with Gasteiger partial charge in [0, 0.05) is 17.8 Å². The van der Waals surface area contributed by atoms with Crippen LogP contribution in [0.3, 0.4) is 0 Å². The lowest BCUT2D eigenvalue weighted by Gasteiger charge is -2.08. The van der Waals surface area contributed by atoms with Crippen molar-refractivity contribution in [1.82, 2.24) is 10.2 Å². The summed E-state index contributed by atoms with van der Waals surface area (Å²) >= 11 is 5.76. The van der Waals surface area contributed by atoms with Crippen LogP contribution < -0.4 is 5.32 Å². The Morgan fingerprint density at radius 2 is 2.10 bits per heavy atom. The second kappa shape index (κ2) is 5.93. The Bertz CT molecular complexity index is 746. The largest absolute Gasteiger partial charge is 0.423 e. The molecule has 0 spiro atoms. The molecule has 0 saturated heterocycles. The van der Waals surface area contributed by atoms with Gasteiger partial charge in [-0.2, -0.15) is 0 Å². The number of nitrogens with zero attached hydrogens (tertiary/aromatic N) is 2. The molecule has 0 saturated carbocycles. The van der Waals surface area contributed by atoms with Crippen LogP contribution in [0.4, 0.5) is 10.1 Å². The maximum Gasteiger partial charge on any atom is 0.247 e. The Labute approximate surface area is 125 Å². The predicted octanol–water partition coefficient (Wildman–Crippen LogP) is 4.14. The number of hydrogen-bond donors (Lipinski definition) is 1. The molecule has 0 aliphatic heterocycles. The number of halogens is 2. The van der Waals surface area contributed by atoms with Crippen LogP contribution in [0.2, 0.25) is 5.02 Å². The summed E-state index contributed by atoms with van der Waals surface area (Å²) in [6.07, 6.45) is 1.29. The molecule has 21 heavy (non-hydrogen) atoms. The third kappa shape index (κ3) is 3.20. The van der Waals surface area contributed by atoms with E-state index in [-0.39, 0.29) is 5.02 Å². The number of anilines is 1. The second-order valence-electron chi connectivity index (χ2n) is 4.43. The van der Waals surface area contributed by atoms with E-state index < -0.39 is 5.82 Å². The first kappa shape index (κ1) is 13.6. The zero-order valence-corrected chi connectivity index (χ0v) is 11.6. The van der Waals surface area contributed by atoms with Crippen molar-refractivity contribution in [2.75, 3.05) is 5.32 Å². The smallest absolute Gasteiger partial charge is 0.247 e. The van der Waals surface area contributed by atoms with Gasteiger partial charge in [-0.25, -0.2) is 4.39 Å². The van der Waals surface area contributed by atoms with Gasteiger partial charge in [0.1, 0.15) is 5.82 Å². The summed E-state index contributed by atoms with van der Waals surface area (Å²) in [5.41, 5.74) is 2.62. The third-order valence-electron chi connectivity index (χ3n) is 2.95. The van der Waals surface area contributed by atoms with Crippen LogP contribution >= 0.6 is 11.6 Å². The zero-order valence-electron chi connectivity index (χ0n) is 10.9. The topological polar surface area (TPSA) is 51.0 Å². The van der Waals surface area contributed by atoms with Crippen LogP contribution in [0.1, 0.15) is 5.56 Å². The van der Waals surface area contributed by atoms with Crippen molar-refractivity contribution in [2.24, 2.45) is 0 Å². The highest BCUT2D eigenvalue weighted by Gasteiger charge is 2.05. The Kier molecular flexibility index (Phi) is 3.83. The van der Waals surface area contributed by atoms with Gasteiger partial charge in [-0.1, -0.05) is 23.7 Å². The predicted molar refractivity (Wildman–Crippen MR) is 78.5 cm³/mol. The van der Waals surface area contributed by atoms with Gasteiger partial charge in [0.2, 0.25) is 12.3 Å². The van der Waals surface area contributed by atoms with E-state index in [1.807, 2.05) is 24.3 Å². The summed E-state index contributed by atoms with van der Waals surface area (Å²) < 4.78 is 18.3. The molecule has 0 fully saturated rings. The lowest BCUT2D eigenvalue weighted by atomic mass is 10.2. The summed E-state index contributed by atoms with van der Waals surface area (Å²) in [6.45, 7) is 0.535. The standard InChI is InChI=1S/C15H11ClFN3O/c16-13-6-10(4-5-14(13)17)8-18-12-3-1-2-11(7-12)15-20-19-9-21-15/h1-7,9,18H,8H2. The third-order valence-corrected chi connectivity index (χ3v) is 3.24. The second-order valence-corrected chi connectivity index (χ2v) is 4.83. The van der Waals surface area contributed by atoms with Crippen molar-refractivity contribution in [3.63, 3.8) is 0 Å². The Hall–Kier alpha value is -2.40. The fraction of sp³-hybridized carbons (Fsp3) is 0.0667. The molecule has 0 aliphatic rings. The number of rotatable bonds is 4. The summed E-state index contributed by atoms with van der Waals surface area (Å²) in [5, 5.41) is 10.9. The maximum absolute atomic E-state index is 13.1. The molecule has 0 bridgehead atoms. The SMILES string of the molecule is Fc1ccc(CNc2cccc(-c3nnco3)c2)cc1Cl. The van der Waals surface area contributed by atoms with Gasteiger partial charge in [-0.05, 0) is 35.9 Å². The minimum absolute atomic E-state index is 0.119. The maximum atomic E-state index is 13.1. The average molecular weight is 304 g/mol. The summed E-state index contributed by atoms with van der Waals surface area (Å²) in [6, 6.07) is 12.2. The molecular weight excluding hydrogens is 293 g/mol. The molecule has 0 atom stereocenters. The van der Waals surface area contributed by atoms with E-state index in [0.717, 1.165) is 16.8 Å². The minimum Gasteiger partial charge on any atom is -0.423 e. The summed E-state index contributed by atoms with van der Waals surface area (Å²) in [4.78, 5) is 0. The molecule has 1 aromatic heterocycles. The van der Waals surface area contributed by atoms with Crippen LogP contribution in [0.5, 0.6) is 0 Å². The van der Waals surface area contributed by atoms with Crippen molar-refractivity contribution in [3.05, 3.63) is 65.3 Å². The van der Waals surface area contributed by atoms with E-state index in [4.69, 9.17) is 16.0 Å². The van der Waals surface area contributed by atoms with Gasteiger partial charge in [-0.3, -0.25) is 0 Å². The first-order valence-electron chi connectivity index (χ1n) is 6.27. The quantitative estimate of drug-likeness (QED) is 0.787. The fourth-order valence-corrected chi connectivity index (χ4v) is 2.12. The first-order chi connectivity index (χ1) is 10.2. The first-order valence-corrected chi connectivity index (χ1v) is 6.64. The van der Waals surface area contributed by atoms with Gasteiger partial charge in [-0.15, -0.1) is 10.2 Å². The van der Waals surface area contributed by atoms with E-state index in [1.165, 1.54) is 12.5 Å². The highest BCUT2D eigenvalue weighted by molar-refractivity contribution is 6.30. The van der Waals surface area contributed by atoms with E-state index in [0.29, 0.717) is 12.4 Å². The minimum atomic E-state index is -0.418. The van der Waals surface area contributed by atoms with E-state index in [2.05, 4.69) is 15.5 Å². The molecule has 3 aromatic rings. The van der Waals surface area contributed by atoms with Gasteiger partial charge in [0.05, 0.1) is 5.02 Å². The molecule has 106 valence electrons. The van der Waals surface area contributed by atoms with Crippen molar-refractivity contribution in [2.45, 2.75) is 6.54 Å². The molecule has 2 aromatic carbocycles. The highest BCUT2D eigenvalue weighted by atomic mass is 35.5. The monoisotopic (exact) mass is 303 g/mol. The van der Waals surface area contributed by atoms with E-state index in [1.54, 1.807) is 12.1 Å². The normalized spacial score (nSPS) is 10.6. The molecule has 6 heteroatoms. The van der Waals surface area contributed by atoms with Crippen LogP contribution in [-0.4, -0.2) is 10.2 Å². The van der Waals surface area contributed by atoms with Crippen molar-refractivity contribution in [3.8, 4) is 11.5 Å². The van der Waals surface area contributed by atoms with Crippen LogP contribution in [-0.2, 0) is 6.54 Å². The van der Waals surface area contributed by atoms with E-state index >= 15 is 0 Å². The van der Waals surface area contributed by atoms with Crippen molar-refractivity contribution < 1.29 is 8.81 Å². The van der Waals surface area contributed by atoms with Crippen molar-refractivity contribution >= 4 is 17.3 Å². The lowest BCUT2D eigenvalue weighted by Crippen LogP contribution is -1.99. The molecule has 3 rings (SSSR count). The van der Waals surface area contributed by atoms with Crippen LogP contribution in [0.25, 0.3) is 11.5 Å². The number of aromatic nitrogens is 2. The summed E-state index contributed by atoms with van der Waals surface area (Å²) in [5.74, 6) is 0.0438. The molecule has 0 unspecified atom stereocenters. The number of benzene rings is 2. The van der Waals surface area contributed by atoms with Crippen molar-refractivity contribution in [1.29, 1.82) is 0 Å². The van der Waals surface area contributed by atoms with Gasteiger partial charge in [0.15, 0.2) is 0 Å². The molecule has 0 aliphatic carbocycles. The molecular formula is C15H11ClFN3O. The van der Waals surface area contributed by atoms with E-state index in [9.17, 15) is 4.39 Å². The Morgan fingerprint density at radius 3 is 2.86 bits per heavy atom. The van der Waals surface area contributed by atoms with Gasteiger partial charge < -0.3 is 9.73 Å². The summed E-state index contributed by atoms with van der Waals surface area (Å²) in [7, 11) is 0. The van der Waals surface area contributed by atoms with Gasteiger partial charge >= 0.3 is 0 Å².